The van der Waals surface area contributed by atoms with Crippen LogP contribution in [-0.2, 0) is 38.8 Å². The molecule has 40 heavy (non-hydrogen) atoms. The van der Waals surface area contributed by atoms with E-state index in [1.807, 2.05) is 79.7 Å². The summed E-state index contributed by atoms with van der Waals surface area (Å²) in [6.45, 7) is 5.42. The molecule has 0 saturated carbocycles. The Bertz CT molecular complexity index is 1140. The largest absolute Gasteiger partial charge is 0.497 e. The van der Waals surface area contributed by atoms with Crippen LogP contribution in [0.1, 0.15) is 30.5 Å². The molecule has 0 amide bonds. The maximum absolute atomic E-state index is 6.64. The zero-order valence-corrected chi connectivity index (χ0v) is 24.7. The Balaban J connectivity index is 1.55. The second-order valence-corrected chi connectivity index (χ2v) is 10.9. The van der Waals surface area contributed by atoms with Crippen molar-refractivity contribution in [1.82, 2.24) is 0 Å². The van der Waals surface area contributed by atoms with Gasteiger partial charge in [-0.2, -0.15) is 0 Å². The van der Waals surface area contributed by atoms with Crippen molar-refractivity contribution in [3.63, 3.8) is 0 Å². The van der Waals surface area contributed by atoms with Gasteiger partial charge < -0.3 is 33.2 Å². The molecule has 0 aromatic heterocycles. The highest BCUT2D eigenvalue weighted by atomic mass is 32.2. The highest BCUT2D eigenvalue weighted by Gasteiger charge is 2.46. The standard InChI is InChI=1S/C32H40O7S/c1-6-40-32-31(38-21-25-11-17-28(35-5)18-12-25)30(37-20-24-9-15-27(34-4)16-10-24)29(22(2)39-32)36-19-23-7-13-26(33-3)14-8-23/h7-18,22,29-32H,6,19-21H2,1-5H3/t22?,29-,30+,31?,32-/m1/s1. The van der Waals surface area contributed by atoms with Crippen LogP contribution in [0.3, 0.4) is 0 Å². The summed E-state index contributed by atoms with van der Waals surface area (Å²) in [7, 11) is 4.99. The number of benzene rings is 3. The monoisotopic (exact) mass is 568 g/mol. The van der Waals surface area contributed by atoms with Crippen LogP contribution in [0.4, 0.5) is 0 Å². The zero-order valence-electron chi connectivity index (χ0n) is 23.9. The van der Waals surface area contributed by atoms with Crippen LogP contribution in [0, 0.1) is 0 Å². The first-order valence-electron chi connectivity index (χ1n) is 13.5. The molecule has 3 aromatic rings. The van der Waals surface area contributed by atoms with Gasteiger partial charge in [-0.15, -0.1) is 11.8 Å². The summed E-state index contributed by atoms with van der Waals surface area (Å²) in [4.78, 5) is 0. The van der Waals surface area contributed by atoms with E-state index in [0.717, 1.165) is 39.7 Å². The Morgan fingerprint density at radius 3 is 1.32 bits per heavy atom. The van der Waals surface area contributed by atoms with Crippen LogP contribution in [0.2, 0.25) is 0 Å². The molecule has 1 aliphatic rings. The summed E-state index contributed by atoms with van der Waals surface area (Å²) in [5.74, 6) is 3.32. The van der Waals surface area contributed by atoms with Crippen molar-refractivity contribution >= 4 is 11.8 Å². The van der Waals surface area contributed by atoms with E-state index in [2.05, 4.69) is 6.92 Å². The molecular formula is C32H40O7S. The molecule has 0 radical (unpaired) electrons. The third kappa shape index (κ3) is 8.15. The van der Waals surface area contributed by atoms with Crippen LogP contribution in [0.5, 0.6) is 17.2 Å². The summed E-state index contributed by atoms with van der Waals surface area (Å²) in [5.41, 5.74) is 2.94. The van der Waals surface area contributed by atoms with Crippen molar-refractivity contribution < 1.29 is 33.2 Å². The number of hydrogen-bond acceptors (Lipinski definition) is 8. The normalized spacial score (nSPS) is 22.6. The maximum atomic E-state index is 6.64. The quantitative estimate of drug-likeness (QED) is 0.226. The molecule has 1 fully saturated rings. The zero-order chi connectivity index (χ0) is 28.3. The molecule has 216 valence electrons. The first-order chi connectivity index (χ1) is 19.5. The summed E-state index contributed by atoms with van der Waals surface area (Å²) in [6, 6.07) is 23.7. The van der Waals surface area contributed by atoms with Gasteiger partial charge in [0.05, 0.1) is 47.3 Å². The predicted octanol–water partition coefficient (Wildman–Crippen LogP) is 6.27. The molecule has 0 aliphatic carbocycles. The average Bonchev–Trinajstić information content (AvgIpc) is 3.00. The van der Waals surface area contributed by atoms with Crippen LogP contribution in [-0.4, -0.2) is 56.9 Å². The van der Waals surface area contributed by atoms with Gasteiger partial charge in [-0.25, -0.2) is 0 Å². The highest BCUT2D eigenvalue weighted by Crippen LogP contribution is 2.35. The Kier molecular flexibility index (Phi) is 11.6. The minimum Gasteiger partial charge on any atom is -0.497 e. The molecule has 5 atom stereocenters. The van der Waals surface area contributed by atoms with Crippen LogP contribution >= 0.6 is 11.8 Å². The first kappa shape index (κ1) is 30.2. The topological polar surface area (TPSA) is 64.6 Å². The SMILES string of the molecule is CCS[C@H]1OC(C)[C@@H](OCc2ccc(OC)cc2)[C@H](OCc2ccc(OC)cc2)C1OCc1ccc(OC)cc1. The van der Waals surface area contributed by atoms with Crippen molar-refractivity contribution in [2.24, 2.45) is 0 Å². The van der Waals surface area contributed by atoms with Gasteiger partial charge in [-0.1, -0.05) is 43.3 Å². The molecule has 8 heteroatoms. The fraction of sp³-hybridized carbons (Fsp3) is 0.438. The van der Waals surface area contributed by atoms with Gasteiger partial charge in [0.1, 0.15) is 41.0 Å². The summed E-state index contributed by atoms with van der Waals surface area (Å²) in [6.07, 6.45) is -1.23. The van der Waals surface area contributed by atoms with Gasteiger partial charge in [0, 0.05) is 0 Å². The lowest BCUT2D eigenvalue weighted by Gasteiger charge is -2.45. The van der Waals surface area contributed by atoms with Crippen molar-refractivity contribution in [1.29, 1.82) is 0 Å². The van der Waals surface area contributed by atoms with E-state index in [1.54, 1.807) is 33.1 Å². The summed E-state index contributed by atoms with van der Waals surface area (Å²) >= 11 is 1.72. The third-order valence-corrected chi connectivity index (χ3v) is 7.90. The summed E-state index contributed by atoms with van der Waals surface area (Å²) < 4.78 is 42.1. The van der Waals surface area contributed by atoms with Crippen molar-refractivity contribution in [3.05, 3.63) is 89.5 Å². The smallest absolute Gasteiger partial charge is 0.132 e. The van der Waals surface area contributed by atoms with Crippen LogP contribution in [0.15, 0.2) is 72.8 Å². The van der Waals surface area contributed by atoms with Crippen LogP contribution < -0.4 is 14.2 Å². The molecule has 4 rings (SSSR count). The minimum atomic E-state index is -0.355. The van der Waals surface area contributed by atoms with Crippen LogP contribution in [0.25, 0.3) is 0 Å². The van der Waals surface area contributed by atoms with E-state index in [4.69, 9.17) is 33.2 Å². The number of hydrogen-bond donors (Lipinski definition) is 0. The lowest BCUT2D eigenvalue weighted by Crippen LogP contribution is -2.58. The molecule has 1 aliphatic heterocycles. The first-order valence-corrected chi connectivity index (χ1v) is 14.6. The lowest BCUT2D eigenvalue weighted by molar-refractivity contribution is -0.242. The van der Waals surface area contributed by atoms with E-state index >= 15 is 0 Å². The Morgan fingerprint density at radius 2 is 0.950 bits per heavy atom. The fourth-order valence-electron chi connectivity index (χ4n) is 4.61. The molecule has 3 aromatic carbocycles. The average molecular weight is 569 g/mol. The molecule has 7 nitrogen and oxygen atoms in total. The highest BCUT2D eigenvalue weighted by molar-refractivity contribution is 7.99. The predicted molar refractivity (Wildman–Crippen MR) is 157 cm³/mol. The van der Waals surface area contributed by atoms with Gasteiger partial charge in [-0.05, 0) is 65.8 Å². The molecule has 0 N–H and O–H groups in total. The van der Waals surface area contributed by atoms with Crippen molar-refractivity contribution in [3.8, 4) is 17.2 Å². The van der Waals surface area contributed by atoms with E-state index < -0.39 is 0 Å². The van der Waals surface area contributed by atoms with Gasteiger partial charge in [0.15, 0.2) is 0 Å². The fourth-order valence-corrected chi connectivity index (χ4v) is 5.62. The van der Waals surface area contributed by atoms with Gasteiger partial charge >= 0.3 is 0 Å². The second kappa shape index (κ2) is 15.3. The molecule has 1 heterocycles. The number of ether oxygens (including phenoxy) is 7. The molecule has 1 saturated heterocycles. The van der Waals surface area contributed by atoms with E-state index in [1.165, 1.54) is 0 Å². The van der Waals surface area contributed by atoms with Gasteiger partial charge in [0.25, 0.3) is 0 Å². The van der Waals surface area contributed by atoms with Crippen molar-refractivity contribution in [2.45, 2.75) is 63.5 Å². The van der Waals surface area contributed by atoms with Crippen molar-refractivity contribution in [2.75, 3.05) is 27.1 Å². The third-order valence-electron chi connectivity index (χ3n) is 6.86. The van der Waals surface area contributed by atoms with Gasteiger partial charge in [0.2, 0.25) is 0 Å². The number of methoxy groups -OCH3 is 3. The molecule has 0 spiro atoms. The number of rotatable bonds is 14. The van der Waals surface area contributed by atoms with E-state index in [0.29, 0.717) is 19.8 Å². The maximum Gasteiger partial charge on any atom is 0.132 e. The van der Waals surface area contributed by atoms with E-state index in [-0.39, 0.29) is 29.9 Å². The van der Waals surface area contributed by atoms with Gasteiger partial charge in [-0.3, -0.25) is 0 Å². The second-order valence-electron chi connectivity index (χ2n) is 9.54. The molecule has 0 bridgehead atoms. The Hall–Kier alpha value is -2.75. The lowest BCUT2D eigenvalue weighted by atomic mass is 9.99. The Morgan fingerprint density at radius 1 is 0.575 bits per heavy atom. The Labute approximate surface area is 242 Å². The van der Waals surface area contributed by atoms with E-state index in [9.17, 15) is 0 Å². The summed E-state index contributed by atoms with van der Waals surface area (Å²) in [5, 5.41) is 0. The number of thioether (sulfide) groups is 1. The molecule has 2 unspecified atom stereocenters. The minimum absolute atomic E-state index is 0.191. The molecular weight excluding hydrogens is 528 g/mol.